The van der Waals surface area contributed by atoms with Crippen molar-refractivity contribution in [3.63, 3.8) is 0 Å². The van der Waals surface area contributed by atoms with E-state index in [-0.39, 0.29) is 11.9 Å². The van der Waals surface area contributed by atoms with Gasteiger partial charge >= 0.3 is 0 Å². The van der Waals surface area contributed by atoms with E-state index in [0.717, 1.165) is 37.3 Å². The van der Waals surface area contributed by atoms with Crippen molar-refractivity contribution in [2.45, 2.75) is 25.8 Å². The molecule has 0 spiro atoms. The first kappa shape index (κ1) is 12.1. The molecule has 0 saturated heterocycles. The SMILES string of the molecule is CCNC(C1=CCCCO1)c1cccc(F)c1. The normalized spacial score (nSPS) is 17.2. The van der Waals surface area contributed by atoms with E-state index in [1.165, 1.54) is 6.07 Å². The second kappa shape index (κ2) is 5.82. The van der Waals surface area contributed by atoms with Crippen LogP contribution in [0.3, 0.4) is 0 Å². The molecule has 1 heterocycles. The third-order valence-electron chi connectivity index (χ3n) is 2.84. The van der Waals surface area contributed by atoms with Crippen molar-refractivity contribution in [2.75, 3.05) is 13.2 Å². The minimum atomic E-state index is -0.207. The Kier molecular flexibility index (Phi) is 4.15. The van der Waals surface area contributed by atoms with E-state index >= 15 is 0 Å². The molecule has 92 valence electrons. The highest BCUT2D eigenvalue weighted by Gasteiger charge is 2.19. The average molecular weight is 235 g/mol. The molecule has 0 fully saturated rings. The quantitative estimate of drug-likeness (QED) is 0.865. The zero-order valence-corrected chi connectivity index (χ0v) is 10.1. The van der Waals surface area contributed by atoms with Crippen LogP contribution >= 0.6 is 0 Å². The molecule has 2 rings (SSSR count). The number of hydrogen-bond acceptors (Lipinski definition) is 2. The zero-order chi connectivity index (χ0) is 12.1. The highest BCUT2D eigenvalue weighted by atomic mass is 19.1. The van der Waals surface area contributed by atoms with Gasteiger partial charge in [-0.05, 0) is 43.2 Å². The monoisotopic (exact) mass is 235 g/mol. The van der Waals surface area contributed by atoms with Crippen LogP contribution in [0.1, 0.15) is 31.4 Å². The maximum atomic E-state index is 13.2. The number of rotatable bonds is 4. The Morgan fingerprint density at radius 1 is 1.47 bits per heavy atom. The highest BCUT2D eigenvalue weighted by molar-refractivity contribution is 5.27. The van der Waals surface area contributed by atoms with Crippen molar-refractivity contribution in [1.29, 1.82) is 0 Å². The molecule has 1 aromatic carbocycles. The predicted octanol–water partition coefficient (Wildman–Crippen LogP) is 3.17. The molecule has 0 aromatic heterocycles. The van der Waals surface area contributed by atoms with Crippen molar-refractivity contribution in [1.82, 2.24) is 5.32 Å². The van der Waals surface area contributed by atoms with E-state index in [2.05, 4.69) is 11.4 Å². The van der Waals surface area contributed by atoms with E-state index in [0.29, 0.717) is 0 Å². The van der Waals surface area contributed by atoms with E-state index < -0.39 is 0 Å². The molecule has 0 bridgehead atoms. The summed E-state index contributed by atoms with van der Waals surface area (Å²) in [6.45, 7) is 3.61. The van der Waals surface area contributed by atoms with Gasteiger partial charge in [0.15, 0.2) is 0 Å². The van der Waals surface area contributed by atoms with Crippen LogP contribution in [0, 0.1) is 5.82 Å². The minimum absolute atomic E-state index is 0.0315. The van der Waals surface area contributed by atoms with Crippen LogP contribution in [0.25, 0.3) is 0 Å². The highest BCUT2D eigenvalue weighted by Crippen LogP contribution is 2.26. The first-order chi connectivity index (χ1) is 8.31. The molecular formula is C14H18FNO. The van der Waals surface area contributed by atoms with Gasteiger partial charge in [-0.15, -0.1) is 0 Å². The van der Waals surface area contributed by atoms with E-state index in [4.69, 9.17) is 4.74 Å². The van der Waals surface area contributed by atoms with Crippen molar-refractivity contribution in [3.8, 4) is 0 Å². The predicted molar refractivity (Wildman–Crippen MR) is 66.1 cm³/mol. The maximum Gasteiger partial charge on any atom is 0.123 e. The standard InChI is InChI=1S/C14H18FNO/c1-2-16-14(13-8-3-4-9-17-13)11-6-5-7-12(15)10-11/h5-8,10,14,16H,2-4,9H2,1H3. The van der Waals surface area contributed by atoms with Crippen LogP contribution in [0.2, 0.25) is 0 Å². The van der Waals surface area contributed by atoms with Crippen molar-refractivity contribution < 1.29 is 9.13 Å². The summed E-state index contributed by atoms with van der Waals surface area (Å²) in [5.74, 6) is 0.713. The lowest BCUT2D eigenvalue weighted by Gasteiger charge is -2.24. The molecule has 17 heavy (non-hydrogen) atoms. The number of nitrogens with one attached hydrogen (secondary N) is 1. The molecule has 0 amide bonds. The fourth-order valence-corrected chi connectivity index (χ4v) is 2.05. The summed E-state index contributed by atoms with van der Waals surface area (Å²) in [5, 5.41) is 3.34. The molecule has 0 saturated carbocycles. The van der Waals surface area contributed by atoms with Crippen LogP contribution in [-0.2, 0) is 4.74 Å². The van der Waals surface area contributed by atoms with Crippen molar-refractivity contribution in [3.05, 3.63) is 47.5 Å². The van der Waals surface area contributed by atoms with Crippen LogP contribution in [0.15, 0.2) is 36.1 Å². The lowest BCUT2D eigenvalue weighted by Crippen LogP contribution is -2.25. The number of likely N-dealkylation sites (N-methyl/N-ethyl adjacent to an activating group) is 1. The summed E-state index contributed by atoms with van der Waals surface area (Å²) in [5.41, 5.74) is 0.917. The first-order valence-corrected chi connectivity index (χ1v) is 6.13. The lowest BCUT2D eigenvalue weighted by molar-refractivity contribution is 0.168. The third kappa shape index (κ3) is 3.07. The Bertz CT molecular complexity index is 403. The molecule has 1 unspecified atom stereocenters. The molecule has 3 heteroatoms. The molecule has 2 nitrogen and oxygen atoms in total. The summed E-state index contributed by atoms with van der Waals surface area (Å²) >= 11 is 0. The van der Waals surface area contributed by atoms with Gasteiger partial charge in [0.2, 0.25) is 0 Å². The van der Waals surface area contributed by atoms with E-state index in [1.54, 1.807) is 12.1 Å². The molecular weight excluding hydrogens is 217 g/mol. The number of benzene rings is 1. The van der Waals surface area contributed by atoms with Crippen LogP contribution in [0.5, 0.6) is 0 Å². The Morgan fingerprint density at radius 2 is 2.35 bits per heavy atom. The largest absolute Gasteiger partial charge is 0.496 e. The minimum Gasteiger partial charge on any atom is -0.496 e. The van der Waals surface area contributed by atoms with Crippen molar-refractivity contribution in [2.24, 2.45) is 0 Å². The fourth-order valence-electron chi connectivity index (χ4n) is 2.05. The molecule has 0 radical (unpaired) electrons. The van der Waals surface area contributed by atoms with Gasteiger partial charge < -0.3 is 10.1 Å². The van der Waals surface area contributed by atoms with Crippen LogP contribution in [-0.4, -0.2) is 13.2 Å². The van der Waals surface area contributed by atoms with Gasteiger partial charge in [-0.1, -0.05) is 19.1 Å². The Hall–Kier alpha value is -1.35. The topological polar surface area (TPSA) is 21.3 Å². The molecule has 1 atom stereocenters. The van der Waals surface area contributed by atoms with Gasteiger partial charge in [0.05, 0.1) is 12.6 Å². The molecule has 1 aliphatic rings. The lowest BCUT2D eigenvalue weighted by atomic mass is 10.0. The smallest absolute Gasteiger partial charge is 0.123 e. The van der Waals surface area contributed by atoms with Gasteiger partial charge in [-0.2, -0.15) is 0 Å². The van der Waals surface area contributed by atoms with Crippen LogP contribution < -0.4 is 5.32 Å². The first-order valence-electron chi connectivity index (χ1n) is 6.13. The Labute approximate surface area is 101 Å². The Balaban J connectivity index is 2.24. The molecule has 1 aromatic rings. The zero-order valence-electron chi connectivity index (χ0n) is 10.1. The van der Waals surface area contributed by atoms with Gasteiger partial charge in [0.25, 0.3) is 0 Å². The maximum absolute atomic E-state index is 13.2. The van der Waals surface area contributed by atoms with Gasteiger partial charge in [-0.25, -0.2) is 4.39 Å². The summed E-state index contributed by atoms with van der Waals surface area (Å²) in [7, 11) is 0. The van der Waals surface area contributed by atoms with E-state index in [1.807, 2.05) is 13.0 Å². The second-order valence-electron chi connectivity index (χ2n) is 4.14. The summed E-state index contributed by atoms with van der Waals surface area (Å²) in [6.07, 6.45) is 4.19. The Morgan fingerprint density at radius 3 is 3.00 bits per heavy atom. The van der Waals surface area contributed by atoms with Gasteiger partial charge in [-0.3, -0.25) is 0 Å². The van der Waals surface area contributed by atoms with E-state index in [9.17, 15) is 4.39 Å². The van der Waals surface area contributed by atoms with Crippen molar-refractivity contribution >= 4 is 0 Å². The van der Waals surface area contributed by atoms with Crippen LogP contribution in [0.4, 0.5) is 4.39 Å². The number of halogens is 1. The molecule has 1 N–H and O–H groups in total. The fraction of sp³-hybridized carbons (Fsp3) is 0.429. The van der Waals surface area contributed by atoms with Gasteiger partial charge in [0.1, 0.15) is 11.6 Å². The van der Waals surface area contributed by atoms with Gasteiger partial charge in [0, 0.05) is 0 Å². The summed E-state index contributed by atoms with van der Waals surface area (Å²) in [6, 6.07) is 6.65. The number of ether oxygens (including phenoxy) is 1. The summed E-state index contributed by atoms with van der Waals surface area (Å²) < 4.78 is 18.9. The average Bonchev–Trinajstić information content (AvgIpc) is 2.37. The number of hydrogen-bond donors (Lipinski definition) is 1. The number of allylic oxidation sites excluding steroid dienone is 1. The molecule has 1 aliphatic heterocycles. The summed E-state index contributed by atoms with van der Waals surface area (Å²) in [4.78, 5) is 0. The second-order valence-corrected chi connectivity index (χ2v) is 4.14. The third-order valence-corrected chi connectivity index (χ3v) is 2.84. The molecule has 0 aliphatic carbocycles.